The van der Waals surface area contributed by atoms with Crippen LogP contribution in [0.3, 0.4) is 0 Å². The van der Waals surface area contributed by atoms with Crippen molar-refractivity contribution in [2.45, 2.75) is 6.54 Å². The molecule has 0 bridgehead atoms. The van der Waals surface area contributed by atoms with Gasteiger partial charge in [0.15, 0.2) is 11.5 Å². The molecule has 140 valence electrons. The molecule has 2 aromatic carbocycles. The van der Waals surface area contributed by atoms with Gasteiger partial charge in [0.2, 0.25) is 0 Å². The van der Waals surface area contributed by atoms with E-state index in [9.17, 15) is 13.6 Å². The molecule has 0 fully saturated rings. The highest BCUT2D eigenvalue weighted by Gasteiger charge is 2.15. The van der Waals surface area contributed by atoms with Gasteiger partial charge in [-0.25, -0.2) is 8.78 Å². The number of nitrogens with zero attached hydrogens (tertiary/aromatic N) is 4. The van der Waals surface area contributed by atoms with E-state index in [1.807, 2.05) is 12.1 Å². The Bertz CT molecular complexity index is 1180. The van der Waals surface area contributed by atoms with E-state index in [1.54, 1.807) is 24.3 Å². The Morgan fingerprint density at radius 2 is 1.82 bits per heavy atom. The first-order chi connectivity index (χ1) is 13.5. The lowest BCUT2D eigenvalue weighted by Crippen LogP contribution is -2.25. The van der Waals surface area contributed by atoms with Gasteiger partial charge in [-0.3, -0.25) is 4.79 Å². The molecule has 1 amide bonds. The molecular formula is C19H12ClF2N5O. The minimum absolute atomic E-state index is 0.0625. The maximum atomic E-state index is 13.7. The number of hydrogen-bond acceptors (Lipinski definition) is 4. The molecule has 2 heterocycles. The monoisotopic (exact) mass is 399 g/mol. The van der Waals surface area contributed by atoms with Gasteiger partial charge in [0.05, 0.1) is 17.8 Å². The highest BCUT2D eigenvalue weighted by atomic mass is 35.5. The molecule has 0 unspecified atom stereocenters. The molecule has 6 nitrogen and oxygen atoms in total. The average molecular weight is 400 g/mol. The normalized spacial score (nSPS) is 11.0. The van der Waals surface area contributed by atoms with Gasteiger partial charge >= 0.3 is 0 Å². The number of rotatable bonds is 4. The van der Waals surface area contributed by atoms with Gasteiger partial charge < -0.3 is 5.32 Å². The fourth-order valence-corrected chi connectivity index (χ4v) is 2.77. The predicted molar refractivity (Wildman–Crippen MR) is 98.8 cm³/mol. The summed E-state index contributed by atoms with van der Waals surface area (Å²) in [6, 6.07) is 13.4. The molecule has 4 rings (SSSR count). The van der Waals surface area contributed by atoms with Crippen LogP contribution in [-0.4, -0.2) is 25.7 Å². The second-order valence-corrected chi connectivity index (χ2v) is 6.35. The summed E-state index contributed by atoms with van der Waals surface area (Å²) in [6.07, 6.45) is 0. The molecule has 0 aliphatic heterocycles. The summed E-state index contributed by atoms with van der Waals surface area (Å²) in [7, 11) is 0. The Morgan fingerprint density at radius 1 is 1.04 bits per heavy atom. The third-order valence-electron chi connectivity index (χ3n) is 4.05. The number of carbonyl (C=O) groups is 1. The van der Waals surface area contributed by atoms with Crippen molar-refractivity contribution in [2.75, 3.05) is 0 Å². The van der Waals surface area contributed by atoms with Gasteiger partial charge in [-0.15, -0.1) is 10.2 Å². The van der Waals surface area contributed by atoms with Crippen molar-refractivity contribution in [3.8, 4) is 11.3 Å². The molecular weight excluding hydrogens is 388 g/mol. The summed E-state index contributed by atoms with van der Waals surface area (Å²) in [5.74, 6) is -1.93. The highest BCUT2D eigenvalue weighted by molar-refractivity contribution is 6.30. The van der Waals surface area contributed by atoms with Gasteiger partial charge in [-0.2, -0.15) is 9.61 Å². The molecule has 28 heavy (non-hydrogen) atoms. The van der Waals surface area contributed by atoms with Crippen LogP contribution >= 0.6 is 11.6 Å². The lowest BCUT2D eigenvalue weighted by molar-refractivity contribution is 0.0945. The number of halogens is 3. The van der Waals surface area contributed by atoms with Gasteiger partial charge in [-0.05, 0) is 42.5 Å². The van der Waals surface area contributed by atoms with Crippen LogP contribution in [0.25, 0.3) is 16.9 Å². The van der Waals surface area contributed by atoms with E-state index < -0.39 is 17.5 Å². The third kappa shape index (κ3) is 3.54. The van der Waals surface area contributed by atoms with E-state index in [2.05, 4.69) is 20.6 Å². The highest BCUT2D eigenvalue weighted by Crippen LogP contribution is 2.20. The number of carbonyl (C=O) groups excluding carboxylic acids is 1. The molecule has 0 aliphatic rings. The maximum absolute atomic E-state index is 13.7. The summed E-state index contributed by atoms with van der Waals surface area (Å²) in [5.41, 5.74) is 1.60. The lowest BCUT2D eigenvalue weighted by atomic mass is 10.1. The van der Waals surface area contributed by atoms with Gasteiger partial charge in [0.25, 0.3) is 5.91 Å². The number of hydrogen-bond donors (Lipinski definition) is 1. The first-order valence-electron chi connectivity index (χ1n) is 8.22. The second-order valence-electron chi connectivity index (χ2n) is 5.92. The first kappa shape index (κ1) is 18.0. The van der Waals surface area contributed by atoms with Crippen molar-refractivity contribution in [3.63, 3.8) is 0 Å². The Morgan fingerprint density at radius 3 is 2.61 bits per heavy atom. The van der Waals surface area contributed by atoms with Crippen molar-refractivity contribution in [1.29, 1.82) is 0 Å². The molecule has 0 saturated heterocycles. The predicted octanol–water partition coefficient (Wildman–Crippen LogP) is 3.65. The van der Waals surface area contributed by atoms with Crippen LogP contribution in [0.4, 0.5) is 8.78 Å². The minimum atomic E-state index is -0.812. The third-order valence-corrected chi connectivity index (χ3v) is 4.30. The van der Waals surface area contributed by atoms with Crippen LogP contribution in [0, 0.1) is 11.6 Å². The maximum Gasteiger partial charge on any atom is 0.254 e. The molecule has 0 radical (unpaired) electrons. The average Bonchev–Trinajstić information content (AvgIpc) is 3.11. The fourth-order valence-electron chi connectivity index (χ4n) is 2.64. The number of amides is 1. The van der Waals surface area contributed by atoms with Gasteiger partial charge in [0.1, 0.15) is 11.6 Å². The second kappa shape index (κ2) is 7.32. The SMILES string of the molecule is O=C(NCc1nnc2ccc(-c3ccc(Cl)cc3)nn12)c1cc(F)ccc1F. The van der Waals surface area contributed by atoms with Crippen LogP contribution in [0.15, 0.2) is 54.6 Å². The van der Waals surface area contributed by atoms with Crippen LogP contribution in [-0.2, 0) is 6.54 Å². The zero-order valence-corrected chi connectivity index (χ0v) is 15.0. The molecule has 4 aromatic rings. The van der Waals surface area contributed by atoms with Crippen LogP contribution in [0.1, 0.15) is 16.2 Å². The summed E-state index contributed by atoms with van der Waals surface area (Å²) in [6.45, 7) is -0.0625. The van der Waals surface area contributed by atoms with Crippen molar-refractivity contribution < 1.29 is 13.6 Å². The standard InChI is InChI=1S/C19H12ClF2N5O/c20-12-3-1-11(2-4-12)16-7-8-17-24-25-18(27(17)26-16)10-23-19(28)14-9-13(21)5-6-15(14)22/h1-9H,10H2,(H,23,28). The van der Waals surface area contributed by atoms with Crippen LogP contribution in [0.5, 0.6) is 0 Å². The molecule has 0 atom stereocenters. The Kier molecular flexibility index (Phi) is 4.70. The van der Waals surface area contributed by atoms with Crippen molar-refractivity contribution in [3.05, 3.63) is 82.6 Å². The van der Waals surface area contributed by atoms with Crippen molar-refractivity contribution >= 4 is 23.2 Å². The molecule has 1 N–H and O–H groups in total. The lowest BCUT2D eigenvalue weighted by Gasteiger charge is -2.06. The van der Waals surface area contributed by atoms with Crippen molar-refractivity contribution in [1.82, 2.24) is 25.1 Å². The number of aromatic nitrogens is 4. The summed E-state index contributed by atoms with van der Waals surface area (Å²) in [4.78, 5) is 12.2. The molecule has 0 spiro atoms. The Balaban J connectivity index is 1.59. The van der Waals surface area contributed by atoms with Gasteiger partial charge in [-0.1, -0.05) is 23.7 Å². The summed E-state index contributed by atoms with van der Waals surface area (Å²) in [5, 5.41) is 15.6. The topological polar surface area (TPSA) is 72.2 Å². The largest absolute Gasteiger partial charge is 0.345 e. The van der Waals surface area contributed by atoms with E-state index in [4.69, 9.17) is 11.6 Å². The van der Waals surface area contributed by atoms with E-state index in [1.165, 1.54) is 4.52 Å². The Hall–Kier alpha value is -3.39. The zero-order valence-electron chi connectivity index (χ0n) is 14.2. The quantitative estimate of drug-likeness (QED) is 0.568. The van der Waals surface area contributed by atoms with E-state index in [-0.39, 0.29) is 12.1 Å². The van der Waals surface area contributed by atoms with E-state index in [0.717, 1.165) is 23.8 Å². The van der Waals surface area contributed by atoms with Gasteiger partial charge in [0, 0.05) is 10.6 Å². The van der Waals surface area contributed by atoms with Crippen LogP contribution < -0.4 is 5.32 Å². The number of nitrogens with one attached hydrogen (secondary N) is 1. The fraction of sp³-hybridized carbons (Fsp3) is 0.0526. The number of benzene rings is 2. The molecule has 0 saturated carbocycles. The van der Waals surface area contributed by atoms with Crippen molar-refractivity contribution in [2.24, 2.45) is 0 Å². The minimum Gasteiger partial charge on any atom is -0.345 e. The zero-order chi connectivity index (χ0) is 19.7. The van der Waals surface area contributed by atoms with Crippen LogP contribution in [0.2, 0.25) is 5.02 Å². The first-order valence-corrected chi connectivity index (χ1v) is 8.59. The summed E-state index contributed by atoms with van der Waals surface area (Å²) >= 11 is 5.91. The molecule has 9 heteroatoms. The van der Waals surface area contributed by atoms with E-state index >= 15 is 0 Å². The number of fused-ring (bicyclic) bond motifs is 1. The molecule has 0 aliphatic carbocycles. The Labute approximate surface area is 162 Å². The summed E-state index contributed by atoms with van der Waals surface area (Å²) < 4.78 is 28.5. The smallest absolute Gasteiger partial charge is 0.254 e. The molecule has 2 aromatic heterocycles. The van der Waals surface area contributed by atoms with E-state index in [0.29, 0.717) is 22.2 Å².